The Hall–Kier alpha value is -0.170. The van der Waals surface area contributed by atoms with Crippen LogP contribution in [0.1, 0.15) is 27.2 Å². The topological polar surface area (TPSA) is 75.4 Å². The number of hydrogen-bond donors (Lipinski definition) is 2. The molecule has 0 aliphatic carbocycles. The van der Waals surface area contributed by atoms with Crippen LogP contribution in [0.4, 0.5) is 0 Å². The van der Waals surface area contributed by atoms with E-state index in [0.717, 1.165) is 6.42 Å². The van der Waals surface area contributed by atoms with E-state index in [1.807, 2.05) is 20.8 Å². The molecule has 1 saturated heterocycles. The molecule has 1 rings (SSSR count). The maximum Gasteiger partial charge on any atom is 0.279 e. The van der Waals surface area contributed by atoms with Crippen molar-refractivity contribution in [3.8, 4) is 0 Å². The molecular formula is C9H21N3O2S. The van der Waals surface area contributed by atoms with Crippen molar-refractivity contribution in [2.24, 2.45) is 11.7 Å². The molecule has 6 heteroatoms. The summed E-state index contributed by atoms with van der Waals surface area (Å²) in [5, 5.41) is 0. The van der Waals surface area contributed by atoms with Crippen LogP contribution >= 0.6 is 0 Å². The van der Waals surface area contributed by atoms with Gasteiger partial charge >= 0.3 is 0 Å². The summed E-state index contributed by atoms with van der Waals surface area (Å²) in [5.41, 5.74) is 5.60. The molecule has 0 atom stereocenters. The quantitative estimate of drug-likeness (QED) is 0.698. The zero-order valence-electron chi connectivity index (χ0n) is 9.66. The summed E-state index contributed by atoms with van der Waals surface area (Å²) in [7, 11) is -3.30. The van der Waals surface area contributed by atoms with Crippen molar-refractivity contribution in [1.29, 1.82) is 0 Å². The van der Waals surface area contributed by atoms with Crippen molar-refractivity contribution in [2.75, 3.05) is 19.6 Å². The molecule has 1 fully saturated rings. The smallest absolute Gasteiger partial charge is 0.279 e. The van der Waals surface area contributed by atoms with E-state index in [2.05, 4.69) is 4.72 Å². The Bertz CT molecular complexity index is 307. The largest absolute Gasteiger partial charge is 0.323 e. The van der Waals surface area contributed by atoms with Gasteiger partial charge in [0, 0.05) is 25.2 Å². The highest BCUT2D eigenvalue weighted by Crippen LogP contribution is 2.23. The van der Waals surface area contributed by atoms with Gasteiger partial charge in [-0.2, -0.15) is 12.7 Å². The summed E-state index contributed by atoms with van der Waals surface area (Å²) >= 11 is 0. The zero-order chi connectivity index (χ0) is 11.7. The lowest BCUT2D eigenvalue weighted by Crippen LogP contribution is -2.69. The summed E-state index contributed by atoms with van der Waals surface area (Å²) in [6.07, 6.45) is 0.809. The first-order valence-electron chi connectivity index (χ1n) is 5.33. The lowest BCUT2D eigenvalue weighted by Gasteiger charge is -2.46. The van der Waals surface area contributed by atoms with Crippen LogP contribution in [0, 0.1) is 5.92 Å². The van der Waals surface area contributed by atoms with Crippen molar-refractivity contribution in [3.63, 3.8) is 0 Å². The predicted octanol–water partition coefficient (Wildman–Crippen LogP) is -0.100. The SMILES string of the molecule is CCC1(N)CN(S(=O)(=O)NCC(C)C)C1. The molecular weight excluding hydrogens is 214 g/mol. The Morgan fingerprint density at radius 3 is 2.40 bits per heavy atom. The zero-order valence-corrected chi connectivity index (χ0v) is 10.5. The minimum absolute atomic E-state index is 0.313. The number of nitrogens with one attached hydrogen (secondary N) is 1. The van der Waals surface area contributed by atoms with Crippen LogP contribution in [-0.2, 0) is 10.2 Å². The summed E-state index contributed by atoms with van der Waals surface area (Å²) in [6.45, 7) is 7.25. The first-order valence-corrected chi connectivity index (χ1v) is 6.77. The normalized spacial score (nSPS) is 21.7. The van der Waals surface area contributed by atoms with Crippen LogP contribution in [0.5, 0.6) is 0 Å². The highest BCUT2D eigenvalue weighted by Gasteiger charge is 2.43. The van der Waals surface area contributed by atoms with Crippen molar-refractivity contribution >= 4 is 10.2 Å². The van der Waals surface area contributed by atoms with Crippen molar-refractivity contribution in [1.82, 2.24) is 9.03 Å². The third kappa shape index (κ3) is 3.14. The molecule has 1 aliphatic heterocycles. The number of rotatable bonds is 5. The van der Waals surface area contributed by atoms with Crippen LogP contribution in [0.25, 0.3) is 0 Å². The van der Waals surface area contributed by atoms with Gasteiger partial charge in [0.2, 0.25) is 0 Å². The van der Waals surface area contributed by atoms with Crippen LogP contribution in [-0.4, -0.2) is 37.9 Å². The first-order chi connectivity index (χ1) is 6.79. The molecule has 90 valence electrons. The molecule has 3 N–H and O–H groups in total. The maximum absolute atomic E-state index is 11.7. The minimum Gasteiger partial charge on any atom is -0.323 e. The molecule has 0 aromatic heterocycles. The predicted molar refractivity (Wildman–Crippen MR) is 60.5 cm³/mol. The van der Waals surface area contributed by atoms with Gasteiger partial charge in [0.1, 0.15) is 0 Å². The maximum atomic E-state index is 11.7. The van der Waals surface area contributed by atoms with Gasteiger partial charge in [0.15, 0.2) is 0 Å². The molecule has 0 bridgehead atoms. The second-order valence-electron chi connectivity index (χ2n) is 4.73. The van der Waals surface area contributed by atoms with Gasteiger partial charge in [-0.25, -0.2) is 4.72 Å². The first kappa shape index (κ1) is 12.9. The highest BCUT2D eigenvalue weighted by atomic mass is 32.2. The lowest BCUT2D eigenvalue weighted by molar-refractivity contribution is 0.151. The van der Waals surface area contributed by atoms with E-state index >= 15 is 0 Å². The second-order valence-corrected chi connectivity index (χ2v) is 6.49. The monoisotopic (exact) mass is 235 g/mol. The standard InChI is InChI=1S/C9H21N3O2S/c1-4-9(10)6-12(7-9)15(13,14)11-5-8(2)3/h8,11H,4-7,10H2,1-3H3. The summed E-state index contributed by atoms with van der Waals surface area (Å²) in [4.78, 5) is 0. The van der Waals surface area contributed by atoms with Crippen molar-refractivity contribution in [3.05, 3.63) is 0 Å². The Balaban J connectivity index is 2.45. The van der Waals surface area contributed by atoms with E-state index in [4.69, 9.17) is 5.73 Å². The van der Waals surface area contributed by atoms with E-state index in [0.29, 0.717) is 25.6 Å². The molecule has 1 aliphatic rings. The van der Waals surface area contributed by atoms with E-state index in [9.17, 15) is 8.42 Å². The fourth-order valence-electron chi connectivity index (χ4n) is 1.41. The fraction of sp³-hybridized carbons (Fsp3) is 1.00. The molecule has 1 heterocycles. The van der Waals surface area contributed by atoms with Gasteiger partial charge in [-0.1, -0.05) is 20.8 Å². The molecule has 0 radical (unpaired) electrons. The minimum atomic E-state index is -3.30. The third-order valence-electron chi connectivity index (χ3n) is 2.70. The van der Waals surface area contributed by atoms with Gasteiger partial charge in [0.25, 0.3) is 10.2 Å². The molecule has 5 nitrogen and oxygen atoms in total. The molecule has 0 amide bonds. The van der Waals surface area contributed by atoms with E-state index < -0.39 is 10.2 Å². The number of nitrogens with two attached hydrogens (primary N) is 1. The van der Waals surface area contributed by atoms with Crippen molar-refractivity contribution < 1.29 is 8.42 Å². The van der Waals surface area contributed by atoms with Gasteiger partial charge in [-0.15, -0.1) is 0 Å². The summed E-state index contributed by atoms with van der Waals surface area (Å²) in [6, 6.07) is 0. The molecule has 0 aromatic carbocycles. The lowest BCUT2D eigenvalue weighted by atomic mass is 9.91. The molecule has 0 saturated carbocycles. The average Bonchev–Trinajstić information content (AvgIpc) is 2.10. The highest BCUT2D eigenvalue weighted by molar-refractivity contribution is 7.87. The molecule has 15 heavy (non-hydrogen) atoms. The van der Waals surface area contributed by atoms with Crippen LogP contribution < -0.4 is 10.5 Å². The van der Waals surface area contributed by atoms with E-state index in [-0.39, 0.29) is 5.54 Å². The van der Waals surface area contributed by atoms with Gasteiger partial charge in [0.05, 0.1) is 0 Å². The van der Waals surface area contributed by atoms with Crippen LogP contribution in [0.2, 0.25) is 0 Å². The van der Waals surface area contributed by atoms with Gasteiger partial charge in [-0.05, 0) is 12.3 Å². The Morgan fingerprint density at radius 1 is 1.47 bits per heavy atom. The van der Waals surface area contributed by atoms with Gasteiger partial charge < -0.3 is 5.73 Å². The summed E-state index contributed by atoms with van der Waals surface area (Å²) in [5.74, 6) is 0.315. The molecule has 0 spiro atoms. The van der Waals surface area contributed by atoms with Gasteiger partial charge in [-0.3, -0.25) is 0 Å². The number of nitrogens with zero attached hydrogens (tertiary/aromatic N) is 1. The summed E-state index contributed by atoms with van der Waals surface area (Å²) < 4.78 is 27.3. The Morgan fingerprint density at radius 2 is 2.00 bits per heavy atom. The Labute approximate surface area is 92.2 Å². The van der Waals surface area contributed by atoms with E-state index in [1.54, 1.807) is 0 Å². The molecule has 0 unspecified atom stereocenters. The van der Waals surface area contributed by atoms with E-state index in [1.165, 1.54) is 4.31 Å². The Kier molecular flexibility index (Phi) is 3.76. The molecule has 0 aromatic rings. The van der Waals surface area contributed by atoms with Crippen LogP contribution in [0.15, 0.2) is 0 Å². The van der Waals surface area contributed by atoms with Crippen molar-refractivity contribution in [2.45, 2.75) is 32.7 Å². The average molecular weight is 235 g/mol. The third-order valence-corrected chi connectivity index (χ3v) is 4.17. The second kappa shape index (κ2) is 4.37. The van der Waals surface area contributed by atoms with Crippen LogP contribution in [0.3, 0.4) is 0 Å². The fourth-order valence-corrected chi connectivity index (χ4v) is 2.99. The number of hydrogen-bond acceptors (Lipinski definition) is 3.